The molecule has 3 aliphatic rings. The highest BCUT2D eigenvalue weighted by Gasteiger charge is 2.40. The number of cyclic esters (lactones) is 1. The van der Waals surface area contributed by atoms with Crippen molar-refractivity contribution in [2.24, 2.45) is 17.3 Å². The Morgan fingerprint density at radius 1 is 1.06 bits per heavy atom. The first-order chi connectivity index (χ1) is 31.5. The number of likely N-dealkylation sites (tertiary alicyclic amines) is 1. The molecule has 4 atom stereocenters. The molecule has 6 bridgehead atoms. The number of likely N-dealkylation sites (N-methyl/N-ethyl adjacent to an activating group) is 1. The van der Waals surface area contributed by atoms with E-state index in [9.17, 15) is 24.0 Å². The van der Waals surface area contributed by atoms with E-state index in [1.54, 1.807) is 19.1 Å². The number of amides is 4. The van der Waals surface area contributed by atoms with E-state index in [1.807, 2.05) is 32.0 Å². The SMILES string of the molecule is C=CC(=O)N1CC[C@H](C(=O)N(C)[C@H](C(=O)N[C@H]2Cc3cc(N)cc(c3)-c3ccc4c(c3)c(c(-c3ccccc3CCOC)n4CC)CC(C)(C)COC(=O)[C@@H]3CCCN(N3)C2=O)C(C)C)C1. The summed E-state index contributed by atoms with van der Waals surface area (Å²) in [5.41, 5.74) is 18.0. The molecule has 3 aromatic carbocycles. The van der Waals surface area contributed by atoms with Crippen LogP contribution in [0.25, 0.3) is 33.3 Å². The van der Waals surface area contributed by atoms with Crippen LogP contribution in [0.2, 0.25) is 0 Å². The summed E-state index contributed by atoms with van der Waals surface area (Å²) in [4.78, 5) is 72.5. The van der Waals surface area contributed by atoms with Crippen molar-refractivity contribution < 1.29 is 33.4 Å². The number of hydrazine groups is 1. The first kappa shape index (κ1) is 48.0. The zero-order chi connectivity index (χ0) is 47.4. The Hall–Kier alpha value is -5.99. The topological polar surface area (TPSA) is 169 Å². The first-order valence-corrected chi connectivity index (χ1v) is 23.4. The van der Waals surface area contributed by atoms with Gasteiger partial charge in [0.1, 0.15) is 18.1 Å². The molecule has 3 aliphatic heterocycles. The maximum absolute atomic E-state index is 14.7. The van der Waals surface area contributed by atoms with Crippen molar-refractivity contribution in [3.8, 4) is 22.4 Å². The standard InChI is InChI=1S/C52H67N7O7/c1-9-45(60)57-22-19-36(30-57)49(62)56(7)46(32(3)4)48(61)54-43-26-33-24-37(27-38(53)25-33)35-17-18-44-40(28-35)41(47(58(44)10-2)39-15-12-11-14-34(39)20-23-65-8)29-52(5,6)31-66-51(64)42-16-13-21-59(55-42)50(43)63/h9,11-12,14-15,17-18,24-25,27-28,32,36,42-43,46,55H,1,10,13,16,19-23,26,29-31,53H2,2-8H3,(H,54,61)/t36-,42-,43-,46-/m0/s1. The number of hydrogen-bond donors (Lipinski definition) is 3. The Bertz CT molecular complexity index is 2490. The molecule has 4 N–H and O–H groups in total. The predicted molar refractivity (Wildman–Crippen MR) is 257 cm³/mol. The summed E-state index contributed by atoms with van der Waals surface area (Å²) < 4.78 is 14.0. The number of rotatable bonds is 11. The van der Waals surface area contributed by atoms with E-state index in [0.717, 1.165) is 57.4 Å². The minimum atomic E-state index is -1.10. The van der Waals surface area contributed by atoms with Gasteiger partial charge in [0.05, 0.1) is 24.8 Å². The summed E-state index contributed by atoms with van der Waals surface area (Å²) in [6.45, 7) is 16.1. The molecule has 0 unspecified atom stereocenters. The second kappa shape index (κ2) is 20.3. The van der Waals surface area contributed by atoms with Crippen LogP contribution in [0.3, 0.4) is 0 Å². The van der Waals surface area contributed by atoms with Gasteiger partial charge in [0.25, 0.3) is 5.91 Å². The van der Waals surface area contributed by atoms with Gasteiger partial charge in [0, 0.05) is 74.3 Å². The Morgan fingerprint density at radius 3 is 2.56 bits per heavy atom. The van der Waals surface area contributed by atoms with Gasteiger partial charge in [0.2, 0.25) is 17.7 Å². The molecule has 66 heavy (non-hydrogen) atoms. The molecule has 14 nitrogen and oxygen atoms in total. The number of nitrogen functional groups attached to an aromatic ring is 1. The molecule has 0 aliphatic carbocycles. The second-order valence-electron chi connectivity index (χ2n) is 19.3. The number of hydrogen-bond acceptors (Lipinski definition) is 9. The van der Waals surface area contributed by atoms with Crippen LogP contribution in [0.1, 0.15) is 70.6 Å². The normalized spacial score (nSPS) is 20.5. The van der Waals surface area contributed by atoms with Crippen molar-refractivity contribution in [1.29, 1.82) is 0 Å². The van der Waals surface area contributed by atoms with Gasteiger partial charge in [-0.3, -0.25) is 29.0 Å². The Balaban J connectivity index is 1.30. The van der Waals surface area contributed by atoms with Crippen LogP contribution >= 0.6 is 0 Å². The van der Waals surface area contributed by atoms with Gasteiger partial charge < -0.3 is 34.9 Å². The van der Waals surface area contributed by atoms with E-state index in [2.05, 4.69) is 85.1 Å². The molecule has 0 radical (unpaired) electrons. The van der Waals surface area contributed by atoms with Gasteiger partial charge in [-0.25, -0.2) is 5.43 Å². The van der Waals surface area contributed by atoms with Crippen LogP contribution in [0.4, 0.5) is 5.69 Å². The van der Waals surface area contributed by atoms with Crippen molar-refractivity contribution >= 4 is 46.2 Å². The number of ether oxygens (including phenoxy) is 2. The van der Waals surface area contributed by atoms with Crippen LogP contribution < -0.4 is 16.5 Å². The van der Waals surface area contributed by atoms with Gasteiger partial charge in [0.15, 0.2) is 0 Å². The average Bonchev–Trinajstić information content (AvgIpc) is 3.91. The van der Waals surface area contributed by atoms with Gasteiger partial charge in [-0.15, -0.1) is 0 Å². The molecule has 4 amide bonds. The van der Waals surface area contributed by atoms with Crippen LogP contribution in [-0.2, 0) is 59.3 Å². The Labute approximate surface area is 388 Å². The molecule has 0 saturated carbocycles. The fraction of sp³-hybridized carbons (Fsp3) is 0.481. The fourth-order valence-electron chi connectivity index (χ4n) is 10.1. The maximum Gasteiger partial charge on any atom is 0.324 e. The smallest absolute Gasteiger partial charge is 0.324 e. The van der Waals surface area contributed by atoms with Gasteiger partial charge in [-0.05, 0) is 103 Å². The number of nitrogens with two attached hydrogens (primary N) is 1. The van der Waals surface area contributed by atoms with Gasteiger partial charge >= 0.3 is 5.97 Å². The van der Waals surface area contributed by atoms with Crippen LogP contribution in [0.5, 0.6) is 0 Å². The molecule has 2 fully saturated rings. The van der Waals surface area contributed by atoms with Gasteiger partial charge in [-0.1, -0.05) is 70.7 Å². The number of anilines is 1. The van der Waals surface area contributed by atoms with Crippen molar-refractivity contribution in [1.82, 2.24) is 30.1 Å². The highest BCUT2D eigenvalue weighted by Crippen LogP contribution is 2.41. The number of carbonyl (C=O) groups is 5. The second-order valence-corrected chi connectivity index (χ2v) is 19.3. The van der Waals surface area contributed by atoms with E-state index < -0.39 is 47.2 Å². The third kappa shape index (κ3) is 10.2. The third-order valence-electron chi connectivity index (χ3n) is 13.4. The lowest BCUT2D eigenvalue weighted by Gasteiger charge is -2.37. The maximum atomic E-state index is 14.7. The summed E-state index contributed by atoms with van der Waals surface area (Å²) in [6.07, 6.45) is 4.15. The lowest BCUT2D eigenvalue weighted by Crippen LogP contribution is -2.62. The molecule has 1 aromatic heterocycles. The number of aromatic nitrogens is 1. The number of nitrogens with zero attached hydrogens (tertiary/aromatic N) is 4. The highest BCUT2D eigenvalue weighted by atomic mass is 16.5. The molecule has 2 saturated heterocycles. The molecule has 4 heterocycles. The van der Waals surface area contributed by atoms with Gasteiger partial charge in [-0.2, -0.15) is 0 Å². The quantitative estimate of drug-likeness (QED) is 0.0939. The molecule has 7 rings (SSSR count). The number of benzene rings is 3. The van der Waals surface area contributed by atoms with Crippen LogP contribution in [0, 0.1) is 17.3 Å². The van der Waals surface area contributed by atoms with Crippen LogP contribution in [0.15, 0.2) is 73.3 Å². The van der Waals surface area contributed by atoms with E-state index in [0.29, 0.717) is 51.1 Å². The minimum Gasteiger partial charge on any atom is -0.464 e. The molecule has 14 heteroatoms. The Kier molecular flexibility index (Phi) is 14.7. The zero-order valence-electron chi connectivity index (χ0n) is 39.7. The van der Waals surface area contributed by atoms with Crippen LogP contribution in [-0.4, -0.2) is 114 Å². The monoisotopic (exact) mass is 902 g/mol. The summed E-state index contributed by atoms with van der Waals surface area (Å²) in [5, 5.41) is 5.55. The number of methoxy groups -OCH3 is 1. The zero-order valence-corrected chi connectivity index (χ0v) is 39.7. The van der Waals surface area contributed by atoms with E-state index in [-0.39, 0.29) is 37.3 Å². The summed E-state index contributed by atoms with van der Waals surface area (Å²) in [5.74, 6) is -2.66. The molecular weight excluding hydrogens is 835 g/mol. The number of esters is 1. The van der Waals surface area contributed by atoms with E-state index in [1.165, 1.54) is 21.5 Å². The molecule has 0 spiro atoms. The summed E-state index contributed by atoms with van der Waals surface area (Å²) >= 11 is 0. The molecule has 4 aromatic rings. The average molecular weight is 902 g/mol. The minimum absolute atomic E-state index is 0.0793. The lowest BCUT2D eigenvalue weighted by atomic mass is 9.83. The van der Waals surface area contributed by atoms with Crippen molar-refractivity contribution in [3.63, 3.8) is 0 Å². The van der Waals surface area contributed by atoms with E-state index >= 15 is 0 Å². The first-order valence-electron chi connectivity index (χ1n) is 23.4. The number of nitrogens with one attached hydrogen (secondary N) is 2. The molecule has 352 valence electrons. The summed E-state index contributed by atoms with van der Waals surface area (Å²) in [6, 6.07) is 17.9. The summed E-state index contributed by atoms with van der Waals surface area (Å²) in [7, 11) is 3.32. The Morgan fingerprint density at radius 2 is 1.83 bits per heavy atom. The predicted octanol–water partition coefficient (Wildman–Crippen LogP) is 5.93. The van der Waals surface area contributed by atoms with Crippen molar-refractivity contribution in [3.05, 3.63) is 90.0 Å². The highest BCUT2D eigenvalue weighted by molar-refractivity contribution is 5.96. The third-order valence-corrected chi connectivity index (χ3v) is 13.4. The number of carbonyl (C=O) groups excluding carboxylic acids is 5. The fourth-order valence-corrected chi connectivity index (χ4v) is 10.1. The lowest BCUT2D eigenvalue weighted by molar-refractivity contribution is -0.155. The number of aryl methyl sites for hydroxylation is 1. The van der Waals surface area contributed by atoms with E-state index in [4.69, 9.17) is 15.2 Å². The largest absolute Gasteiger partial charge is 0.464 e. The van der Waals surface area contributed by atoms with Crippen molar-refractivity contribution in [2.75, 3.05) is 52.7 Å². The van der Waals surface area contributed by atoms with Crippen molar-refractivity contribution in [2.45, 2.75) is 97.8 Å². The molecular formula is C52H67N7O7. The number of fused-ring (bicyclic) bond motifs is 6.